The minimum absolute atomic E-state index is 0.0515. The number of nitrogens with one attached hydrogen (secondary N) is 1. The highest BCUT2D eigenvalue weighted by molar-refractivity contribution is 5.86. The van der Waals surface area contributed by atoms with Crippen molar-refractivity contribution in [2.24, 2.45) is 0 Å². The monoisotopic (exact) mass is 778 g/mol. The molecule has 2 fully saturated rings. The van der Waals surface area contributed by atoms with E-state index in [2.05, 4.69) is 46.0 Å². The fourth-order valence-corrected chi connectivity index (χ4v) is 7.91. The molecular formula is C44H54N6O7. The summed E-state index contributed by atoms with van der Waals surface area (Å²) in [4.78, 5) is 7.45. The molecule has 0 bridgehead atoms. The first-order valence-electron chi connectivity index (χ1n) is 20.2. The van der Waals surface area contributed by atoms with Crippen LogP contribution in [0.4, 0.5) is 22.7 Å². The molecule has 3 aliphatic heterocycles. The van der Waals surface area contributed by atoms with Gasteiger partial charge in [0.2, 0.25) is 0 Å². The highest BCUT2D eigenvalue weighted by Gasteiger charge is 2.35. The number of imidazole rings is 1. The minimum Gasteiger partial charge on any atom is -0.398 e. The molecule has 4 heterocycles. The Labute approximate surface area is 334 Å². The van der Waals surface area contributed by atoms with Crippen LogP contribution in [0, 0.1) is 0 Å². The van der Waals surface area contributed by atoms with E-state index >= 15 is 0 Å². The second-order valence-corrected chi connectivity index (χ2v) is 14.5. The molecule has 5 N–H and O–H groups in total. The predicted molar refractivity (Wildman–Crippen MR) is 221 cm³/mol. The maximum absolute atomic E-state index is 6.52. The lowest BCUT2D eigenvalue weighted by molar-refractivity contribution is -0.0436. The second kappa shape index (κ2) is 18.7. The normalized spacial score (nSPS) is 17.8. The Morgan fingerprint density at radius 2 is 1.39 bits per heavy atom. The number of rotatable bonds is 19. The lowest BCUT2D eigenvalue weighted by Gasteiger charge is -2.28. The van der Waals surface area contributed by atoms with Crippen LogP contribution in [0.2, 0.25) is 0 Å². The van der Waals surface area contributed by atoms with E-state index in [1.807, 2.05) is 60.7 Å². The largest absolute Gasteiger partial charge is 0.398 e. The van der Waals surface area contributed by atoms with Crippen LogP contribution in [0.15, 0.2) is 84.9 Å². The van der Waals surface area contributed by atoms with E-state index in [-0.39, 0.29) is 12.3 Å². The summed E-state index contributed by atoms with van der Waals surface area (Å²) in [5.41, 5.74) is 22.1. The van der Waals surface area contributed by atoms with Crippen molar-refractivity contribution in [3.05, 3.63) is 102 Å². The standard InChI is InChI=1S/C44H54N6O7/c1-2-3-10-30(29-50-38-18-9-14-34(44-56-27-28-57-44)40(38)48-42(50)32-12-5-7-16-36(32)46)53-24-23-52-22-21-51-20-19-49-37-17-8-13-33(43-54-25-26-55-43)39(37)47-41(49)31-11-4-6-15-35(31)45/h4-9,11-18,30,41,43-44,47H,2-3,10,19-29,45-46H2,1H3. The van der Waals surface area contributed by atoms with Gasteiger partial charge in [0, 0.05) is 40.2 Å². The van der Waals surface area contributed by atoms with Crippen LogP contribution in [0.1, 0.15) is 61.6 Å². The molecule has 2 saturated heterocycles. The van der Waals surface area contributed by atoms with Gasteiger partial charge in [-0.3, -0.25) is 0 Å². The van der Waals surface area contributed by atoms with Crippen molar-refractivity contribution >= 4 is 33.8 Å². The van der Waals surface area contributed by atoms with Crippen LogP contribution in [0.5, 0.6) is 0 Å². The lowest BCUT2D eigenvalue weighted by atomic mass is 10.1. The topological polar surface area (TPSA) is 150 Å². The van der Waals surface area contributed by atoms with E-state index in [1.165, 1.54) is 0 Å². The zero-order chi connectivity index (χ0) is 39.0. The molecule has 13 nitrogen and oxygen atoms in total. The van der Waals surface area contributed by atoms with Gasteiger partial charge in [-0.05, 0) is 36.8 Å². The van der Waals surface area contributed by atoms with Crippen molar-refractivity contribution in [1.29, 1.82) is 0 Å². The van der Waals surface area contributed by atoms with Gasteiger partial charge in [-0.15, -0.1) is 0 Å². The number of ether oxygens (including phenoxy) is 7. The Hall–Kier alpha value is -4.73. The highest BCUT2D eigenvalue weighted by atomic mass is 16.7. The van der Waals surface area contributed by atoms with Crippen molar-refractivity contribution in [3.8, 4) is 11.4 Å². The molecule has 8 rings (SSSR count). The molecule has 57 heavy (non-hydrogen) atoms. The molecule has 4 aromatic carbocycles. The fraction of sp³-hybridized carbons (Fsp3) is 0.432. The number of para-hydroxylation sites is 4. The number of hydrogen-bond donors (Lipinski definition) is 3. The van der Waals surface area contributed by atoms with Crippen molar-refractivity contribution in [1.82, 2.24) is 9.55 Å². The fourth-order valence-electron chi connectivity index (χ4n) is 7.91. The van der Waals surface area contributed by atoms with Crippen molar-refractivity contribution in [2.45, 2.75) is 57.6 Å². The maximum atomic E-state index is 6.52. The van der Waals surface area contributed by atoms with Crippen LogP contribution < -0.4 is 21.7 Å². The van der Waals surface area contributed by atoms with Crippen LogP contribution >= 0.6 is 0 Å². The summed E-state index contributed by atoms with van der Waals surface area (Å²) in [5.74, 6) is 0.802. The van der Waals surface area contributed by atoms with Crippen LogP contribution in [-0.4, -0.2) is 81.7 Å². The molecule has 0 spiro atoms. The van der Waals surface area contributed by atoms with Gasteiger partial charge in [0.15, 0.2) is 12.6 Å². The van der Waals surface area contributed by atoms with Gasteiger partial charge in [-0.25, -0.2) is 4.98 Å². The van der Waals surface area contributed by atoms with E-state index in [0.29, 0.717) is 78.2 Å². The highest BCUT2D eigenvalue weighted by Crippen LogP contribution is 2.47. The summed E-state index contributed by atoms with van der Waals surface area (Å²) in [6.45, 7) is 8.12. The molecule has 0 saturated carbocycles. The Balaban J connectivity index is 0.863. The van der Waals surface area contributed by atoms with Crippen LogP contribution in [-0.2, 0) is 39.7 Å². The first kappa shape index (κ1) is 39.1. The number of nitrogens with zero attached hydrogens (tertiary/aromatic N) is 3. The smallest absolute Gasteiger partial charge is 0.186 e. The summed E-state index contributed by atoms with van der Waals surface area (Å²) in [5, 5.41) is 3.71. The van der Waals surface area contributed by atoms with Crippen LogP contribution in [0.25, 0.3) is 22.4 Å². The zero-order valence-corrected chi connectivity index (χ0v) is 32.6. The average Bonchev–Trinajstić information content (AvgIpc) is 4.07. The van der Waals surface area contributed by atoms with Gasteiger partial charge in [0.1, 0.15) is 12.0 Å². The lowest BCUT2D eigenvalue weighted by Crippen LogP contribution is -2.32. The number of hydrogen-bond acceptors (Lipinski definition) is 12. The van der Waals surface area contributed by atoms with Crippen molar-refractivity contribution < 1.29 is 33.2 Å². The third-order valence-electron chi connectivity index (χ3n) is 10.7. The Bertz CT molecular complexity index is 2080. The Morgan fingerprint density at radius 1 is 0.737 bits per heavy atom. The van der Waals surface area contributed by atoms with Gasteiger partial charge >= 0.3 is 0 Å². The molecule has 0 radical (unpaired) electrons. The molecule has 0 aliphatic carbocycles. The third kappa shape index (κ3) is 8.75. The van der Waals surface area contributed by atoms with Gasteiger partial charge in [0.25, 0.3) is 0 Å². The molecule has 0 amide bonds. The van der Waals surface area contributed by atoms with Gasteiger partial charge in [-0.1, -0.05) is 74.4 Å². The number of fused-ring (bicyclic) bond motifs is 2. The molecule has 302 valence electrons. The zero-order valence-electron chi connectivity index (χ0n) is 32.6. The number of nitrogens with two attached hydrogens (primary N) is 2. The van der Waals surface area contributed by atoms with E-state index in [1.54, 1.807) is 0 Å². The van der Waals surface area contributed by atoms with Crippen LogP contribution in [0.3, 0.4) is 0 Å². The molecule has 2 atom stereocenters. The molecule has 2 unspecified atom stereocenters. The van der Waals surface area contributed by atoms with E-state index < -0.39 is 12.6 Å². The third-order valence-corrected chi connectivity index (χ3v) is 10.7. The molecule has 5 aromatic rings. The van der Waals surface area contributed by atoms with Gasteiger partial charge < -0.3 is 59.4 Å². The minimum atomic E-state index is -0.439. The molecule has 3 aliphatic rings. The molecule has 13 heteroatoms. The first-order valence-corrected chi connectivity index (χ1v) is 20.2. The summed E-state index contributed by atoms with van der Waals surface area (Å²) in [6, 6.07) is 28.2. The number of unbranched alkanes of at least 4 members (excludes halogenated alkanes) is 1. The average molecular weight is 779 g/mol. The predicted octanol–water partition coefficient (Wildman–Crippen LogP) is 7.20. The van der Waals surface area contributed by atoms with Crippen molar-refractivity contribution in [2.75, 3.05) is 87.7 Å². The van der Waals surface area contributed by atoms with Gasteiger partial charge in [-0.2, -0.15) is 0 Å². The van der Waals surface area contributed by atoms with Gasteiger partial charge in [0.05, 0.1) is 94.5 Å². The maximum Gasteiger partial charge on any atom is 0.186 e. The summed E-state index contributed by atoms with van der Waals surface area (Å²) >= 11 is 0. The van der Waals surface area contributed by atoms with E-state index in [9.17, 15) is 0 Å². The number of benzene rings is 4. The van der Waals surface area contributed by atoms with E-state index in [4.69, 9.17) is 49.6 Å². The summed E-state index contributed by atoms with van der Waals surface area (Å²) in [7, 11) is 0. The summed E-state index contributed by atoms with van der Waals surface area (Å²) < 4.78 is 44.4. The Kier molecular flexibility index (Phi) is 12.8. The quantitative estimate of drug-likeness (QED) is 0.0575. The second-order valence-electron chi connectivity index (χ2n) is 14.5. The number of aromatic nitrogens is 2. The Morgan fingerprint density at radius 3 is 2.14 bits per heavy atom. The first-order chi connectivity index (χ1) is 28.1. The van der Waals surface area contributed by atoms with E-state index in [0.717, 1.165) is 75.4 Å². The summed E-state index contributed by atoms with van der Waals surface area (Å²) in [6.07, 6.45) is 1.99. The SMILES string of the molecule is CCCCC(Cn1c(-c2ccccc2N)nc2c(C3OCCO3)cccc21)OCCOCCOCCN1c2cccc(C3OCCO3)c2NC1c1ccccc1N. The molecule has 1 aromatic heterocycles. The molecular weight excluding hydrogens is 725 g/mol. The number of anilines is 4. The van der Waals surface area contributed by atoms with Crippen molar-refractivity contribution in [3.63, 3.8) is 0 Å². The number of nitrogen functional groups attached to an aromatic ring is 2.